The number of hydrogen-bond donors (Lipinski definition) is 2. The molecule has 1 unspecified atom stereocenters. The van der Waals surface area contributed by atoms with Crippen LogP contribution in [0.1, 0.15) is 11.0 Å². The highest BCUT2D eigenvalue weighted by Crippen LogP contribution is 2.29. The van der Waals surface area contributed by atoms with Crippen molar-refractivity contribution in [2.45, 2.75) is 11.0 Å². The van der Waals surface area contributed by atoms with Crippen molar-refractivity contribution in [2.75, 3.05) is 20.8 Å². The van der Waals surface area contributed by atoms with Gasteiger partial charge in [-0.3, -0.25) is 0 Å². The number of thiophene rings is 1. The molecule has 120 valence electrons. The Hall–Kier alpha value is -1.61. The molecule has 0 amide bonds. The Morgan fingerprint density at radius 2 is 1.95 bits per heavy atom. The summed E-state index contributed by atoms with van der Waals surface area (Å²) in [6.07, 6.45) is -0.880. The van der Waals surface area contributed by atoms with Gasteiger partial charge in [0.15, 0.2) is 11.5 Å². The maximum absolute atomic E-state index is 12.3. The lowest BCUT2D eigenvalue weighted by Crippen LogP contribution is -2.28. The van der Waals surface area contributed by atoms with Crippen LogP contribution in [0.25, 0.3) is 0 Å². The van der Waals surface area contributed by atoms with Crippen LogP contribution in [0.2, 0.25) is 0 Å². The summed E-state index contributed by atoms with van der Waals surface area (Å²) in [6.45, 7) is -0.100. The number of hydrogen-bond acceptors (Lipinski definition) is 6. The summed E-state index contributed by atoms with van der Waals surface area (Å²) in [4.78, 5) is 0.749. The number of ether oxygens (including phenoxy) is 2. The van der Waals surface area contributed by atoms with Crippen molar-refractivity contribution in [1.29, 1.82) is 0 Å². The fraction of sp³-hybridized carbons (Fsp3) is 0.286. The van der Waals surface area contributed by atoms with Crippen molar-refractivity contribution in [3.05, 3.63) is 40.6 Å². The van der Waals surface area contributed by atoms with E-state index >= 15 is 0 Å². The third kappa shape index (κ3) is 3.77. The molecule has 0 bridgehead atoms. The molecule has 1 aromatic heterocycles. The van der Waals surface area contributed by atoms with E-state index in [1.54, 1.807) is 12.1 Å². The number of benzene rings is 1. The third-order valence-corrected chi connectivity index (χ3v) is 5.40. The quantitative estimate of drug-likeness (QED) is 0.800. The molecule has 0 saturated carbocycles. The second kappa shape index (κ2) is 7.10. The minimum Gasteiger partial charge on any atom is -0.493 e. The topological polar surface area (TPSA) is 84.9 Å². The first-order valence-electron chi connectivity index (χ1n) is 6.41. The standard InChI is InChI=1S/C14H17NO5S2/c1-19-12-6-5-10(8-13(12)20-2)22(17,18)15-9-11(16)14-4-3-7-21-14/h3-8,11,15-16H,9H2,1-2H3. The van der Waals surface area contributed by atoms with Gasteiger partial charge in [0.25, 0.3) is 0 Å². The minimum absolute atomic E-state index is 0.0449. The minimum atomic E-state index is -3.74. The molecule has 2 N–H and O–H groups in total. The van der Waals surface area contributed by atoms with Gasteiger partial charge in [0.1, 0.15) is 6.10 Å². The summed E-state index contributed by atoms with van der Waals surface area (Å²) in [5.74, 6) is 0.768. The lowest BCUT2D eigenvalue weighted by molar-refractivity contribution is 0.186. The summed E-state index contributed by atoms with van der Waals surface area (Å²) in [6, 6.07) is 7.86. The Balaban J connectivity index is 2.13. The van der Waals surface area contributed by atoms with Crippen molar-refractivity contribution in [3.8, 4) is 11.5 Å². The highest BCUT2D eigenvalue weighted by Gasteiger charge is 2.19. The van der Waals surface area contributed by atoms with E-state index in [4.69, 9.17) is 9.47 Å². The summed E-state index contributed by atoms with van der Waals surface area (Å²) in [7, 11) is -0.838. The van der Waals surface area contributed by atoms with Crippen LogP contribution in [-0.2, 0) is 10.0 Å². The molecule has 2 rings (SSSR count). The van der Waals surface area contributed by atoms with E-state index in [2.05, 4.69) is 4.72 Å². The van der Waals surface area contributed by atoms with Gasteiger partial charge in [-0.25, -0.2) is 13.1 Å². The van der Waals surface area contributed by atoms with Crippen molar-refractivity contribution in [1.82, 2.24) is 4.72 Å². The third-order valence-electron chi connectivity index (χ3n) is 3.00. The summed E-state index contributed by atoms with van der Waals surface area (Å²) in [5.41, 5.74) is 0. The van der Waals surface area contributed by atoms with Gasteiger partial charge in [-0.2, -0.15) is 0 Å². The molecule has 8 heteroatoms. The fourth-order valence-corrected chi connectivity index (χ4v) is 3.60. The Bertz CT molecular complexity index is 713. The van der Waals surface area contributed by atoms with E-state index in [1.165, 1.54) is 43.8 Å². The number of methoxy groups -OCH3 is 2. The van der Waals surface area contributed by atoms with Crippen LogP contribution in [0, 0.1) is 0 Å². The number of sulfonamides is 1. The second-order valence-electron chi connectivity index (χ2n) is 4.40. The van der Waals surface area contributed by atoms with E-state index in [0.29, 0.717) is 16.4 Å². The average molecular weight is 343 g/mol. The van der Waals surface area contributed by atoms with Crippen LogP contribution in [0.3, 0.4) is 0 Å². The van der Waals surface area contributed by atoms with Crippen molar-refractivity contribution in [2.24, 2.45) is 0 Å². The van der Waals surface area contributed by atoms with Gasteiger partial charge in [-0.15, -0.1) is 11.3 Å². The number of aliphatic hydroxyl groups is 1. The van der Waals surface area contributed by atoms with E-state index in [9.17, 15) is 13.5 Å². The monoisotopic (exact) mass is 343 g/mol. The fourth-order valence-electron chi connectivity index (χ4n) is 1.84. The largest absolute Gasteiger partial charge is 0.493 e. The van der Waals surface area contributed by atoms with Gasteiger partial charge in [0, 0.05) is 17.5 Å². The van der Waals surface area contributed by atoms with Gasteiger partial charge < -0.3 is 14.6 Å². The van der Waals surface area contributed by atoms with E-state index in [-0.39, 0.29) is 11.4 Å². The predicted octanol–water partition coefficient (Wildman–Crippen LogP) is 1.78. The Morgan fingerprint density at radius 1 is 1.23 bits per heavy atom. The van der Waals surface area contributed by atoms with Crippen LogP contribution < -0.4 is 14.2 Å². The first kappa shape index (κ1) is 16.8. The predicted molar refractivity (Wildman–Crippen MR) is 84.0 cm³/mol. The number of rotatable bonds is 7. The normalized spacial score (nSPS) is 12.9. The smallest absolute Gasteiger partial charge is 0.240 e. The summed E-state index contributed by atoms with van der Waals surface area (Å²) < 4.78 is 37.1. The summed E-state index contributed by atoms with van der Waals surface area (Å²) >= 11 is 1.37. The zero-order valence-corrected chi connectivity index (χ0v) is 13.8. The van der Waals surface area contributed by atoms with Crippen LogP contribution in [0.5, 0.6) is 11.5 Å². The molecule has 0 saturated heterocycles. The number of aliphatic hydroxyl groups excluding tert-OH is 1. The van der Waals surface area contributed by atoms with Crippen molar-refractivity contribution in [3.63, 3.8) is 0 Å². The molecule has 2 aromatic rings. The molecule has 6 nitrogen and oxygen atoms in total. The van der Waals surface area contributed by atoms with Crippen molar-refractivity contribution >= 4 is 21.4 Å². The van der Waals surface area contributed by atoms with Crippen LogP contribution in [-0.4, -0.2) is 34.3 Å². The molecule has 0 aliphatic rings. The van der Waals surface area contributed by atoms with Crippen LogP contribution in [0.4, 0.5) is 0 Å². The Morgan fingerprint density at radius 3 is 2.55 bits per heavy atom. The maximum atomic E-state index is 12.3. The molecule has 0 fully saturated rings. The SMILES string of the molecule is COc1ccc(S(=O)(=O)NCC(O)c2cccs2)cc1OC. The van der Waals surface area contributed by atoms with E-state index in [0.717, 1.165) is 0 Å². The zero-order valence-electron chi connectivity index (χ0n) is 12.1. The van der Waals surface area contributed by atoms with Gasteiger partial charge in [-0.05, 0) is 23.6 Å². The van der Waals surface area contributed by atoms with Crippen LogP contribution >= 0.6 is 11.3 Å². The van der Waals surface area contributed by atoms with Gasteiger partial charge >= 0.3 is 0 Å². The highest BCUT2D eigenvalue weighted by molar-refractivity contribution is 7.89. The second-order valence-corrected chi connectivity index (χ2v) is 7.15. The van der Waals surface area contributed by atoms with Gasteiger partial charge in [-0.1, -0.05) is 6.07 Å². The molecule has 0 aliphatic heterocycles. The lowest BCUT2D eigenvalue weighted by Gasteiger charge is -2.13. The van der Waals surface area contributed by atoms with E-state index < -0.39 is 16.1 Å². The molecular weight excluding hydrogens is 326 g/mol. The lowest BCUT2D eigenvalue weighted by atomic mass is 10.3. The van der Waals surface area contributed by atoms with E-state index in [1.807, 2.05) is 5.38 Å². The first-order valence-corrected chi connectivity index (χ1v) is 8.77. The molecule has 1 heterocycles. The Labute approximate surface area is 133 Å². The zero-order chi connectivity index (χ0) is 16.2. The van der Waals surface area contributed by atoms with Crippen molar-refractivity contribution < 1.29 is 23.0 Å². The molecule has 0 aliphatic carbocycles. The summed E-state index contributed by atoms with van der Waals surface area (Å²) in [5, 5.41) is 11.8. The van der Waals surface area contributed by atoms with Crippen LogP contribution in [0.15, 0.2) is 40.6 Å². The average Bonchev–Trinajstić information content (AvgIpc) is 3.06. The molecule has 0 spiro atoms. The highest BCUT2D eigenvalue weighted by atomic mass is 32.2. The first-order chi connectivity index (χ1) is 10.5. The molecule has 1 aromatic carbocycles. The van der Waals surface area contributed by atoms with Gasteiger partial charge in [0.2, 0.25) is 10.0 Å². The molecular formula is C14H17NO5S2. The molecule has 22 heavy (non-hydrogen) atoms. The Kier molecular flexibility index (Phi) is 5.41. The molecule has 0 radical (unpaired) electrons. The molecule has 1 atom stereocenters. The number of nitrogens with one attached hydrogen (secondary N) is 1. The van der Waals surface area contributed by atoms with Gasteiger partial charge in [0.05, 0.1) is 19.1 Å². The maximum Gasteiger partial charge on any atom is 0.240 e.